The first-order valence-corrected chi connectivity index (χ1v) is 9.98. The number of hydrogen-bond acceptors (Lipinski definition) is 7. The van der Waals surface area contributed by atoms with Gasteiger partial charge in [-0.15, -0.1) is 0 Å². The van der Waals surface area contributed by atoms with Gasteiger partial charge < -0.3 is 14.7 Å². The number of ether oxygens (including phenoxy) is 1. The number of rotatable bonds is 5. The highest BCUT2D eigenvalue weighted by molar-refractivity contribution is 8.18. The Morgan fingerprint density at radius 2 is 1.81 bits per heavy atom. The fraction of sp³-hybridized carbons (Fsp3) is 0.111. The monoisotopic (exact) mass is 404 g/mol. The second kappa shape index (κ2) is 7.45. The average molecular weight is 404 g/mol. The Morgan fingerprint density at radius 1 is 1.11 bits per heavy atom. The third-order valence-corrected chi connectivity index (χ3v) is 5.69. The minimum Gasteiger partial charge on any atom is -0.493 e. The van der Waals surface area contributed by atoms with Gasteiger partial charge in [0.15, 0.2) is 16.7 Å². The summed E-state index contributed by atoms with van der Waals surface area (Å²) < 4.78 is 35.4. The maximum atomic E-state index is 12.5. The first-order chi connectivity index (χ1) is 12.8. The molecule has 0 spiro atoms. The van der Waals surface area contributed by atoms with E-state index in [1.165, 1.54) is 25.3 Å². The van der Waals surface area contributed by atoms with Crippen molar-refractivity contribution in [2.24, 2.45) is 10.7 Å². The quantitative estimate of drug-likeness (QED) is 0.603. The molecule has 0 atom stereocenters. The number of amides is 1. The van der Waals surface area contributed by atoms with E-state index >= 15 is 0 Å². The van der Waals surface area contributed by atoms with E-state index in [9.17, 15) is 13.2 Å². The maximum absolute atomic E-state index is 12.5. The molecule has 0 unspecified atom stereocenters. The van der Waals surface area contributed by atoms with Crippen molar-refractivity contribution in [1.82, 2.24) is 0 Å². The highest BCUT2D eigenvalue weighted by atomic mass is 32.2. The summed E-state index contributed by atoms with van der Waals surface area (Å²) in [7, 11) is -2.61. The molecular weight excluding hydrogens is 388 g/mol. The number of methoxy groups -OCH3 is 1. The zero-order chi connectivity index (χ0) is 19.6. The van der Waals surface area contributed by atoms with Crippen LogP contribution < -0.4 is 14.7 Å². The summed E-state index contributed by atoms with van der Waals surface area (Å²) in [4.78, 5) is 15.7. The fourth-order valence-electron chi connectivity index (χ4n) is 2.29. The number of amidine groups is 1. The summed E-state index contributed by atoms with van der Waals surface area (Å²) in [5.41, 5.74) is 7.08. The minimum atomic E-state index is -4.00. The third-order valence-electron chi connectivity index (χ3n) is 3.63. The van der Waals surface area contributed by atoms with E-state index < -0.39 is 16.0 Å². The summed E-state index contributed by atoms with van der Waals surface area (Å²) in [5.74, 6) is -0.162. The Balaban J connectivity index is 1.88. The number of thioether (sulfide) groups is 1. The molecule has 0 saturated heterocycles. The van der Waals surface area contributed by atoms with Crippen molar-refractivity contribution in [2.75, 3.05) is 7.11 Å². The average Bonchev–Trinajstić information content (AvgIpc) is 2.93. The predicted molar refractivity (Wildman–Crippen MR) is 104 cm³/mol. The number of nitrogens with two attached hydrogens (primary N) is 1. The van der Waals surface area contributed by atoms with Crippen LogP contribution in [-0.2, 0) is 14.9 Å². The van der Waals surface area contributed by atoms with Gasteiger partial charge in [0.25, 0.3) is 5.91 Å². The maximum Gasteiger partial charge on any atom is 0.339 e. The van der Waals surface area contributed by atoms with Gasteiger partial charge in [0.1, 0.15) is 4.90 Å². The van der Waals surface area contributed by atoms with Crippen LogP contribution in [0.1, 0.15) is 11.1 Å². The van der Waals surface area contributed by atoms with Crippen molar-refractivity contribution in [2.45, 2.75) is 11.8 Å². The first-order valence-electron chi connectivity index (χ1n) is 7.76. The lowest BCUT2D eigenvalue weighted by molar-refractivity contribution is -0.113. The summed E-state index contributed by atoms with van der Waals surface area (Å²) in [6.45, 7) is 1.86. The number of carbonyl (C=O) groups is 1. The molecule has 2 N–H and O–H groups in total. The molecule has 0 aromatic heterocycles. The molecule has 2 aromatic rings. The number of aryl methyl sites for hydroxylation is 1. The van der Waals surface area contributed by atoms with Crippen molar-refractivity contribution in [3.05, 3.63) is 58.5 Å². The van der Waals surface area contributed by atoms with Crippen molar-refractivity contribution in [3.63, 3.8) is 0 Å². The largest absolute Gasteiger partial charge is 0.493 e. The molecule has 0 bridgehead atoms. The Labute approximate surface area is 161 Å². The molecular formula is C18H16N2O5S2. The molecule has 1 amide bonds. The normalized spacial score (nSPS) is 15.7. The zero-order valence-electron chi connectivity index (χ0n) is 14.5. The lowest BCUT2D eigenvalue weighted by Crippen LogP contribution is -2.10. The van der Waals surface area contributed by atoms with Crippen molar-refractivity contribution in [1.29, 1.82) is 0 Å². The van der Waals surface area contributed by atoms with E-state index in [0.717, 1.165) is 17.3 Å². The van der Waals surface area contributed by atoms with Crippen LogP contribution in [0.25, 0.3) is 6.08 Å². The molecule has 3 rings (SSSR count). The molecule has 1 aliphatic rings. The highest BCUT2D eigenvalue weighted by Gasteiger charge is 2.21. The zero-order valence-corrected chi connectivity index (χ0v) is 16.1. The molecule has 0 saturated carbocycles. The number of nitrogens with zero attached hydrogens (tertiary/aromatic N) is 1. The van der Waals surface area contributed by atoms with Crippen molar-refractivity contribution >= 4 is 39.0 Å². The van der Waals surface area contributed by atoms with Crippen LogP contribution in [-0.4, -0.2) is 26.6 Å². The lowest BCUT2D eigenvalue weighted by Gasteiger charge is -2.11. The van der Waals surface area contributed by atoms with Crippen LogP contribution in [0.3, 0.4) is 0 Å². The van der Waals surface area contributed by atoms with Gasteiger partial charge in [-0.2, -0.15) is 13.4 Å². The van der Waals surface area contributed by atoms with Crippen LogP contribution in [0.5, 0.6) is 11.5 Å². The smallest absolute Gasteiger partial charge is 0.339 e. The molecule has 0 fully saturated rings. The van der Waals surface area contributed by atoms with Crippen LogP contribution in [0, 0.1) is 6.92 Å². The summed E-state index contributed by atoms with van der Waals surface area (Å²) in [5, 5.41) is 0.183. The van der Waals surface area contributed by atoms with Gasteiger partial charge in [0.05, 0.1) is 12.0 Å². The van der Waals surface area contributed by atoms with E-state index in [0.29, 0.717) is 10.5 Å². The van der Waals surface area contributed by atoms with Crippen LogP contribution in [0.4, 0.5) is 0 Å². The summed E-state index contributed by atoms with van der Waals surface area (Å²) >= 11 is 1.07. The van der Waals surface area contributed by atoms with Gasteiger partial charge in [0, 0.05) is 0 Å². The first kappa shape index (κ1) is 19.0. The second-order valence-corrected chi connectivity index (χ2v) is 8.24. The molecule has 9 heteroatoms. The molecule has 7 nitrogen and oxygen atoms in total. The van der Waals surface area contributed by atoms with Crippen LogP contribution in [0.2, 0.25) is 0 Å². The number of benzene rings is 2. The van der Waals surface area contributed by atoms with Crippen molar-refractivity contribution < 1.29 is 22.1 Å². The van der Waals surface area contributed by atoms with Gasteiger partial charge >= 0.3 is 10.1 Å². The number of carbonyl (C=O) groups excluding carboxylic acids is 1. The Morgan fingerprint density at radius 3 is 2.41 bits per heavy atom. The molecule has 140 valence electrons. The Hall–Kier alpha value is -2.78. The predicted octanol–water partition coefficient (Wildman–Crippen LogP) is 2.70. The van der Waals surface area contributed by atoms with Crippen molar-refractivity contribution in [3.8, 4) is 11.5 Å². The van der Waals surface area contributed by atoms with Crippen LogP contribution >= 0.6 is 11.8 Å². The van der Waals surface area contributed by atoms with E-state index in [-0.39, 0.29) is 21.6 Å². The second-order valence-electron chi connectivity index (χ2n) is 5.63. The number of aliphatic imine (C=N–C) groups is 1. The molecule has 1 heterocycles. The van der Waals surface area contributed by atoms with Crippen LogP contribution in [0.15, 0.2) is 57.3 Å². The highest BCUT2D eigenvalue weighted by Crippen LogP contribution is 2.33. The van der Waals surface area contributed by atoms with Gasteiger partial charge in [0.2, 0.25) is 0 Å². The van der Waals surface area contributed by atoms with Gasteiger partial charge in [-0.3, -0.25) is 4.79 Å². The Kier molecular flexibility index (Phi) is 5.24. The van der Waals surface area contributed by atoms with Gasteiger partial charge in [-0.1, -0.05) is 23.8 Å². The molecule has 0 aliphatic carbocycles. The summed E-state index contributed by atoms with van der Waals surface area (Å²) in [6, 6.07) is 11.0. The molecule has 2 aromatic carbocycles. The number of hydrogen-bond donors (Lipinski definition) is 1. The molecule has 1 aliphatic heterocycles. The van der Waals surface area contributed by atoms with Gasteiger partial charge in [-0.05, 0) is 54.6 Å². The molecule has 27 heavy (non-hydrogen) atoms. The van der Waals surface area contributed by atoms with Gasteiger partial charge in [-0.25, -0.2) is 0 Å². The summed E-state index contributed by atoms with van der Waals surface area (Å²) in [6.07, 6.45) is 1.59. The Bertz CT molecular complexity index is 1060. The van der Waals surface area contributed by atoms with E-state index in [4.69, 9.17) is 14.7 Å². The lowest BCUT2D eigenvalue weighted by atomic mass is 10.2. The fourth-order valence-corrected chi connectivity index (χ4v) is 3.91. The third kappa shape index (κ3) is 4.32. The molecule has 0 radical (unpaired) electrons. The minimum absolute atomic E-state index is 0.0430. The standard InChI is InChI=1S/C18H16N2O5S2/c1-11-3-6-13(7-4-11)27(22,23)25-14-8-5-12(9-15(14)24-2)10-16-17(21)20-18(19)26-16/h3-10H,1-2H3,(H2,19,20,21)/b16-10-. The van der Waals surface area contributed by atoms with E-state index in [1.54, 1.807) is 30.3 Å². The SMILES string of the molecule is COc1cc(/C=C2\SC(N)=NC2=O)ccc1OS(=O)(=O)c1ccc(C)cc1. The van der Waals surface area contributed by atoms with E-state index in [1.807, 2.05) is 6.92 Å². The van der Waals surface area contributed by atoms with E-state index in [2.05, 4.69) is 4.99 Å². The topological polar surface area (TPSA) is 108 Å².